The molecule has 2 aliphatic carbocycles. The summed E-state index contributed by atoms with van der Waals surface area (Å²) in [5, 5.41) is 5.93. The van der Waals surface area contributed by atoms with Crippen molar-refractivity contribution in [2.75, 3.05) is 5.32 Å². The summed E-state index contributed by atoms with van der Waals surface area (Å²) in [6.45, 7) is 1.95. The first-order valence-electron chi connectivity index (χ1n) is 8.49. The highest BCUT2D eigenvalue weighted by Gasteiger charge is 2.37. The van der Waals surface area contributed by atoms with E-state index in [9.17, 15) is 9.59 Å². The third-order valence-electron chi connectivity index (χ3n) is 4.92. The molecule has 2 aliphatic rings. The minimum absolute atomic E-state index is 0. The maximum Gasteiger partial charge on any atom is 0.240 e. The van der Waals surface area contributed by atoms with Crippen LogP contribution in [0.1, 0.15) is 57.1 Å². The molecule has 1 unspecified atom stereocenters. The molecule has 132 valence electrons. The van der Waals surface area contributed by atoms with Crippen molar-refractivity contribution in [1.82, 2.24) is 5.32 Å². The summed E-state index contributed by atoms with van der Waals surface area (Å²) >= 11 is 0. The summed E-state index contributed by atoms with van der Waals surface area (Å²) in [5.74, 6) is 0.235. The number of benzene rings is 1. The van der Waals surface area contributed by atoms with Gasteiger partial charge < -0.3 is 16.4 Å². The SMILES string of the molecule is CC(NC(=O)C1(N)CCCC1)c1ccc(NC(=O)C2CC2)cc1.Cl. The van der Waals surface area contributed by atoms with E-state index in [0.29, 0.717) is 0 Å². The molecule has 1 aromatic carbocycles. The van der Waals surface area contributed by atoms with Gasteiger partial charge in [0.2, 0.25) is 11.8 Å². The first kappa shape index (κ1) is 18.7. The fourth-order valence-electron chi connectivity index (χ4n) is 3.10. The molecule has 2 saturated carbocycles. The second-order valence-corrected chi connectivity index (χ2v) is 6.94. The fraction of sp³-hybridized carbons (Fsp3) is 0.556. The highest BCUT2D eigenvalue weighted by atomic mass is 35.5. The Hall–Kier alpha value is -1.59. The Bertz CT molecular complexity index is 593. The van der Waals surface area contributed by atoms with Crippen molar-refractivity contribution in [2.45, 2.75) is 57.0 Å². The number of rotatable bonds is 5. The van der Waals surface area contributed by atoms with Crippen LogP contribution in [0.15, 0.2) is 24.3 Å². The predicted octanol–water partition coefficient (Wildman–Crippen LogP) is 2.91. The van der Waals surface area contributed by atoms with Gasteiger partial charge in [0.05, 0.1) is 11.6 Å². The average Bonchev–Trinajstić information content (AvgIpc) is 3.30. The third-order valence-corrected chi connectivity index (χ3v) is 4.92. The van der Waals surface area contributed by atoms with Crippen LogP contribution in [0.25, 0.3) is 0 Å². The lowest BCUT2D eigenvalue weighted by atomic mass is 9.97. The van der Waals surface area contributed by atoms with E-state index in [0.717, 1.165) is 49.8 Å². The van der Waals surface area contributed by atoms with Crippen LogP contribution in [0.4, 0.5) is 5.69 Å². The molecule has 0 aliphatic heterocycles. The molecule has 0 spiro atoms. The summed E-state index contributed by atoms with van der Waals surface area (Å²) < 4.78 is 0. The number of halogens is 1. The lowest BCUT2D eigenvalue weighted by Gasteiger charge is -2.25. The zero-order valence-corrected chi connectivity index (χ0v) is 14.8. The maximum absolute atomic E-state index is 12.4. The van der Waals surface area contributed by atoms with Crippen LogP contribution in [0.2, 0.25) is 0 Å². The Balaban J connectivity index is 0.00000208. The summed E-state index contributed by atoms with van der Waals surface area (Å²) in [4.78, 5) is 24.1. The minimum atomic E-state index is -0.702. The zero-order valence-electron chi connectivity index (χ0n) is 14.0. The van der Waals surface area contributed by atoms with Crippen molar-refractivity contribution in [2.24, 2.45) is 11.7 Å². The van der Waals surface area contributed by atoms with Gasteiger partial charge in [-0.2, -0.15) is 0 Å². The van der Waals surface area contributed by atoms with E-state index in [4.69, 9.17) is 5.73 Å². The van der Waals surface area contributed by atoms with Crippen molar-refractivity contribution in [1.29, 1.82) is 0 Å². The molecule has 1 aromatic rings. The van der Waals surface area contributed by atoms with Crippen LogP contribution in [0.5, 0.6) is 0 Å². The highest BCUT2D eigenvalue weighted by Crippen LogP contribution is 2.30. The zero-order chi connectivity index (χ0) is 16.4. The Kier molecular flexibility index (Phi) is 5.88. The lowest BCUT2D eigenvalue weighted by molar-refractivity contribution is -0.126. The number of anilines is 1. The molecule has 24 heavy (non-hydrogen) atoms. The molecule has 3 rings (SSSR count). The largest absolute Gasteiger partial charge is 0.348 e. The van der Waals surface area contributed by atoms with E-state index in [2.05, 4.69) is 10.6 Å². The second-order valence-electron chi connectivity index (χ2n) is 6.94. The third kappa shape index (κ3) is 4.28. The number of nitrogens with one attached hydrogen (secondary N) is 2. The van der Waals surface area contributed by atoms with Gasteiger partial charge in [-0.25, -0.2) is 0 Å². The molecule has 0 aromatic heterocycles. The van der Waals surface area contributed by atoms with Gasteiger partial charge in [-0.3, -0.25) is 9.59 Å². The van der Waals surface area contributed by atoms with Crippen LogP contribution in [-0.2, 0) is 9.59 Å². The van der Waals surface area contributed by atoms with Gasteiger partial charge >= 0.3 is 0 Å². The van der Waals surface area contributed by atoms with E-state index in [1.54, 1.807) is 0 Å². The number of hydrogen-bond acceptors (Lipinski definition) is 3. The average molecular weight is 352 g/mol. The number of nitrogens with two attached hydrogens (primary N) is 1. The monoisotopic (exact) mass is 351 g/mol. The van der Waals surface area contributed by atoms with E-state index < -0.39 is 5.54 Å². The normalized spacial score (nSPS) is 19.9. The fourth-order valence-corrected chi connectivity index (χ4v) is 3.10. The van der Waals surface area contributed by atoms with Crippen LogP contribution >= 0.6 is 12.4 Å². The van der Waals surface area contributed by atoms with E-state index in [1.165, 1.54) is 0 Å². The summed E-state index contributed by atoms with van der Waals surface area (Å²) in [7, 11) is 0. The molecule has 1 atom stereocenters. The van der Waals surface area contributed by atoms with Gasteiger partial charge in [-0.1, -0.05) is 25.0 Å². The van der Waals surface area contributed by atoms with E-state index in [-0.39, 0.29) is 36.2 Å². The number of hydrogen-bond donors (Lipinski definition) is 3. The molecule has 0 heterocycles. The van der Waals surface area contributed by atoms with Gasteiger partial charge in [0.1, 0.15) is 0 Å². The molecule has 2 amide bonds. The Morgan fingerprint density at radius 3 is 2.29 bits per heavy atom. The second kappa shape index (κ2) is 7.53. The molecule has 0 saturated heterocycles. The van der Waals surface area contributed by atoms with E-state index in [1.807, 2.05) is 31.2 Å². The van der Waals surface area contributed by atoms with Gasteiger partial charge in [0.25, 0.3) is 0 Å². The Labute approximate surface area is 149 Å². The van der Waals surface area contributed by atoms with Crippen molar-refractivity contribution < 1.29 is 9.59 Å². The minimum Gasteiger partial charge on any atom is -0.348 e. The molecular formula is C18H26ClN3O2. The van der Waals surface area contributed by atoms with Crippen LogP contribution < -0.4 is 16.4 Å². The van der Waals surface area contributed by atoms with Crippen molar-refractivity contribution in [3.8, 4) is 0 Å². The van der Waals surface area contributed by atoms with Crippen LogP contribution in [0.3, 0.4) is 0 Å². The van der Waals surface area contributed by atoms with Crippen molar-refractivity contribution in [3.05, 3.63) is 29.8 Å². The van der Waals surface area contributed by atoms with Crippen LogP contribution in [0, 0.1) is 5.92 Å². The van der Waals surface area contributed by atoms with Gasteiger partial charge in [-0.15, -0.1) is 12.4 Å². The van der Waals surface area contributed by atoms with Gasteiger partial charge in [-0.05, 0) is 50.3 Å². The molecule has 2 fully saturated rings. The first-order chi connectivity index (χ1) is 11.0. The number of carbonyl (C=O) groups excluding carboxylic acids is 2. The molecule has 0 bridgehead atoms. The number of amides is 2. The smallest absolute Gasteiger partial charge is 0.240 e. The maximum atomic E-state index is 12.4. The Morgan fingerprint density at radius 1 is 1.17 bits per heavy atom. The predicted molar refractivity (Wildman–Crippen MR) is 97.0 cm³/mol. The van der Waals surface area contributed by atoms with E-state index >= 15 is 0 Å². The summed E-state index contributed by atoms with van der Waals surface area (Å²) in [6, 6.07) is 7.53. The quantitative estimate of drug-likeness (QED) is 0.762. The highest BCUT2D eigenvalue weighted by molar-refractivity contribution is 5.94. The molecule has 5 nitrogen and oxygen atoms in total. The van der Waals surface area contributed by atoms with Crippen LogP contribution in [-0.4, -0.2) is 17.4 Å². The van der Waals surface area contributed by atoms with Gasteiger partial charge in [0, 0.05) is 11.6 Å². The topological polar surface area (TPSA) is 84.2 Å². The first-order valence-corrected chi connectivity index (χ1v) is 8.49. The summed E-state index contributed by atoms with van der Waals surface area (Å²) in [5.41, 5.74) is 7.29. The molecule has 6 heteroatoms. The van der Waals surface area contributed by atoms with Crippen molar-refractivity contribution >= 4 is 29.9 Å². The number of carbonyl (C=O) groups is 2. The summed E-state index contributed by atoms with van der Waals surface area (Å²) in [6.07, 6.45) is 5.55. The molecule has 4 N–H and O–H groups in total. The van der Waals surface area contributed by atoms with Gasteiger partial charge in [0.15, 0.2) is 0 Å². The van der Waals surface area contributed by atoms with Crippen molar-refractivity contribution in [3.63, 3.8) is 0 Å². The molecular weight excluding hydrogens is 326 g/mol. The Morgan fingerprint density at radius 2 is 1.75 bits per heavy atom. The standard InChI is InChI=1S/C18H25N3O2.ClH/c1-12(20-17(23)18(19)10-2-3-11-18)13-6-8-15(9-7-13)21-16(22)14-4-5-14;/h6-9,12,14H,2-5,10-11,19H2,1H3,(H,20,23)(H,21,22);1H. The molecule has 0 radical (unpaired) electrons. The lowest BCUT2D eigenvalue weighted by Crippen LogP contribution is -2.52.